The predicted molar refractivity (Wildman–Crippen MR) is 102 cm³/mol. The van der Waals surface area contributed by atoms with Crippen molar-refractivity contribution in [1.82, 2.24) is 9.78 Å². The third kappa shape index (κ3) is 4.13. The van der Waals surface area contributed by atoms with Gasteiger partial charge in [0.1, 0.15) is 5.00 Å². The fourth-order valence-electron chi connectivity index (χ4n) is 2.23. The van der Waals surface area contributed by atoms with Crippen molar-refractivity contribution in [3.05, 3.63) is 32.4 Å². The standard InChI is InChI=1S/C16H19BrN4O4S/c1-5-21-6-9(17)11(20-21)14(23)19-15-10(16(24)25-7(2)3)8(4)12(26-15)13(18)22/h6-7H,5H2,1-4H3,(H2,18,22)(H,19,23). The summed E-state index contributed by atoms with van der Waals surface area (Å²) in [6.45, 7) is 7.50. The normalized spacial score (nSPS) is 10.8. The third-order valence-electron chi connectivity index (χ3n) is 3.40. The highest BCUT2D eigenvalue weighted by Crippen LogP contribution is 2.34. The molecule has 2 aromatic heterocycles. The summed E-state index contributed by atoms with van der Waals surface area (Å²) in [7, 11) is 0. The summed E-state index contributed by atoms with van der Waals surface area (Å²) in [5.74, 6) is -1.82. The third-order valence-corrected chi connectivity index (χ3v) is 5.20. The first kappa shape index (κ1) is 20.1. The van der Waals surface area contributed by atoms with Crippen LogP contribution in [0.5, 0.6) is 0 Å². The molecule has 26 heavy (non-hydrogen) atoms. The smallest absolute Gasteiger partial charge is 0.341 e. The first-order valence-corrected chi connectivity index (χ1v) is 9.45. The first-order chi connectivity index (χ1) is 12.1. The van der Waals surface area contributed by atoms with E-state index in [-0.39, 0.29) is 27.2 Å². The summed E-state index contributed by atoms with van der Waals surface area (Å²) in [4.78, 5) is 36.8. The number of hydrogen-bond acceptors (Lipinski definition) is 6. The summed E-state index contributed by atoms with van der Waals surface area (Å²) < 4.78 is 7.34. The van der Waals surface area contributed by atoms with Crippen LogP contribution in [-0.4, -0.2) is 33.7 Å². The van der Waals surface area contributed by atoms with Gasteiger partial charge in [-0.1, -0.05) is 0 Å². The number of primary amides is 1. The van der Waals surface area contributed by atoms with Gasteiger partial charge in [0.25, 0.3) is 11.8 Å². The summed E-state index contributed by atoms with van der Waals surface area (Å²) in [5, 5.41) is 7.01. The summed E-state index contributed by atoms with van der Waals surface area (Å²) in [6, 6.07) is 0. The van der Waals surface area contributed by atoms with Gasteiger partial charge in [0.2, 0.25) is 0 Å². The zero-order valence-corrected chi connectivity index (χ0v) is 17.2. The number of halogens is 1. The van der Waals surface area contributed by atoms with Gasteiger partial charge in [-0.05, 0) is 49.2 Å². The molecule has 0 saturated carbocycles. The molecule has 0 aromatic carbocycles. The SMILES string of the molecule is CCn1cc(Br)c(C(=O)Nc2sc(C(N)=O)c(C)c2C(=O)OC(C)C)n1. The van der Waals surface area contributed by atoms with Gasteiger partial charge in [-0.3, -0.25) is 14.3 Å². The van der Waals surface area contributed by atoms with Crippen molar-refractivity contribution in [1.29, 1.82) is 0 Å². The van der Waals surface area contributed by atoms with Gasteiger partial charge < -0.3 is 15.8 Å². The van der Waals surface area contributed by atoms with E-state index in [0.29, 0.717) is 16.6 Å². The molecule has 140 valence electrons. The number of aryl methyl sites for hydroxylation is 1. The molecule has 3 N–H and O–H groups in total. The number of carbonyl (C=O) groups excluding carboxylic acids is 3. The minimum Gasteiger partial charge on any atom is -0.459 e. The molecule has 2 rings (SSSR count). The van der Waals surface area contributed by atoms with E-state index in [9.17, 15) is 14.4 Å². The Morgan fingerprint density at radius 1 is 1.42 bits per heavy atom. The van der Waals surface area contributed by atoms with Gasteiger partial charge in [-0.15, -0.1) is 11.3 Å². The van der Waals surface area contributed by atoms with E-state index in [4.69, 9.17) is 10.5 Å². The minimum atomic E-state index is -0.678. The molecule has 0 radical (unpaired) electrons. The molecule has 0 aliphatic rings. The molecule has 2 aromatic rings. The van der Waals surface area contributed by atoms with Crippen LogP contribution >= 0.6 is 27.3 Å². The van der Waals surface area contributed by atoms with E-state index in [1.165, 1.54) is 0 Å². The molecule has 0 saturated heterocycles. The van der Waals surface area contributed by atoms with Crippen molar-refractivity contribution < 1.29 is 19.1 Å². The van der Waals surface area contributed by atoms with E-state index in [1.807, 2.05) is 6.92 Å². The zero-order chi connectivity index (χ0) is 19.6. The van der Waals surface area contributed by atoms with Crippen molar-refractivity contribution >= 4 is 50.1 Å². The van der Waals surface area contributed by atoms with Crippen molar-refractivity contribution in [3.63, 3.8) is 0 Å². The monoisotopic (exact) mass is 442 g/mol. The summed E-state index contributed by atoms with van der Waals surface area (Å²) in [5.41, 5.74) is 6.04. The Hall–Kier alpha value is -2.20. The van der Waals surface area contributed by atoms with Crippen molar-refractivity contribution in [2.24, 2.45) is 5.73 Å². The highest BCUT2D eigenvalue weighted by molar-refractivity contribution is 9.10. The number of amides is 2. The van der Waals surface area contributed by atoms with Crippen LogP contribution in [0.4, 0.5) is 5.00 Å². The first-order valence-electron chi connectivity index (χ1n) is 7.84. The fraction of sp³-hybridized carbons (Fsp3) is 0.375. The quantitative estimate of drug-likeness (QED) is 0.666. The molecular formula is C16H19BrN4O4S. The molecule has 0 aliphatic carbocycles. The number of nitrogens with two attached hydrogens (primary N) is 1. The number of thiophene rings is 1. The topological polar surface area (TPSA) is 116 Å². The lowest BCUT2D eigenvalue weighted by Crippen LogP contribution is -2.18. The molecule has 0 atom stereocenters. The Morgan fingerprint density at radius 3 is 2.58 bits per heavy atom. The average molecular weight is 443 g/mol. The molecule has 10 heteroatoms. The lowest BCUT2D eigenvalue weighted by molar-refractivity contribution is 0.0379. The number of rotatable bonds is 6. The van der Waals surface area contributed by atoms with Gasteiger partial charge in [0, 0.05) is 12.7 Å². The van der Waals surface area contributed by atoms with Crippen LogP contribution < -0.4 is 11.1 Å². The van der Waals surface area contributed by atoms with Gasteiger partial charge in [-0.2, -0.15) is 5.10 Å². The number of anilines is 1. The van der Waals surface area contributed by atoms with Crippen molar-refractivity contribution in [2.75, 3.05) is 5.32 Å². The maximum absolute atomic E-state index is 12.6. The molecule has 0 spiro atoms. The van der Waals surface area contributed by atoms with Crippen molar-refractivity contribution in [3.8, 4) is 0 Å². The Balaban J connectivity index is 2.42. The fourth-order valence-corrected chi connectivity index (χ4v) is 3.77. The number of carbonyl (C=O) groups is 3. The van der Waals surface area contributed by atoms with Crippen LogP contribution in [0.15, 0.2) is 10.7 Å². The molecule has 0 unspecified atom stereocenters. The van der Waals surface area contributed by atoms with Gasteiger partial charge in [-0.25, -0.2) is 4.79 Å². The van der Waals surface area contributed by atoms with Crippen LogP contribution in [0.3, 0.4) is 0 Å². The van der Waals surface area contributed by atoms with Crippen LogP contribution in [0, 0.1) is 6.92 Å². The van der Waals surface area contributed by atoms with Crippen LogP contribution in [0.25, 0.3) is 0 Å². The van der Waals surface area contributed by atoms with Gasteiger partial charge in [0.15, 0.2) is 5.69 Å². The molecule has 0 bridgehead atoms. The molecule has 2 heterocycles. The zero-order valence-electron chi connectivity index (χ0n) is 14.8. The highest BCUT2D eigenvalue weighted by atomic mass is 79.9. The van der Waals surface area contributed by atoms with E-state index >= 15 is 0 Å². The van der Waals surface area contributed by atoms with E-state index < -0.39 is 17.8 Å². The number of nitrogens with one attached hydrogen (secondary N) is 1. The molecule has 2 amide bonds. The lowest BCUT2D eigenvalue weighted by atomic mass is 10.1. The molecule has 0 fully saturated rings. The predicted octanol–water partition coefficient (Wildman–Crippen LogP) is 2.95. The van der Waals surface area contributed by atoms with Gasteiger partial charge in [0.05, 0.1) is 21.0 Å². The van der Waals surface area contributed by atoms with Crippen molar-refractivity contribution in [2.45, 2.75) is 40.3 Å². The Bertz CT molecular complexity index is 872. The largest absolute Gasteiger partial charge is 0.459 e. The van der Waals surface area contributed by atoms with Crippen LogP contribution in [0.2, 0.25) is 0 Å². The Kier molecular flexibility index (Phi) is 6.19. The van der Waals surface area contributed by atoms with Crippen LogP contribution in [-0.2, 0) is 11.3 Å². The molecular weight excluding hydrogens is 424 g/mol. The number of ether oxygens (including phenoxy) is 1. The number of hydrogen-bond donors (Lipinski definition) is 2. The molecule has 8 nitrogen and oxygen atoms in total. The van der Waals surface area contributed by atoms with E-state index in [2.05, 4.69) is 26.3 Å². The van der Waals surface area contributed by atoms with Gasteiger partial charge >= 0.3 is 5.97 Å². The number of aromatic nitrogens is 2. The second kappa shape index (κ2) is 8.00. The van der Waals surface area contributed by atoms with E-state index in [1.54, 1.807) is 31.6 Å². The highest BCUT2D eigenvalue weighted by Gasteiger charge is 2.27. The second-order valence-corrected chi connectivity index (χ2v) is 7.59. The maximum Gasteiger partial charge on any atom is 0.341 e. The lowest BCUT2D eigenvalue weighted by Gasteiger charge is -2.10. The van der Waals surface area contributed by atoms with Crippen LogP contribution in [0.1, 0.15) is 56.9 Å². The second-order valence-electron chi connectivity index (χ2n) is 5.71. The minimum absolute atomic E-state index is 0.122. The Labute approximate surface area is 162 Å². The summed E-state index contributed by atoms with van der Waals surface area (Å²) in [6.07, 6.45) is 1.33. The van der Waals surface area contributed by atoms with E-state index in [0.717, 1.165) is 11.3 Å². The average Bonchev–Trinajstić information content (AvgIpc) is 3.06. The molecule has 0 aliphatic heterocycles. The number of nitrogens with zero attached hydrogens (tertiary/aromatic N) is 2. The summed E-state index contributed by atoms with van der Waals surface area (Å²) >= 11 is 4.22. The number of esters is 1. The maximum atomic E-state index is 12.6. The Morgan fingerprint density at radius 2 is 2.08 bits per heavy atom.